The number of nitrogens with zero attached hydrogens (tertiary/aromatic N) is 1. The fourth-order valence-corrected chi connectivity index (χ4v) is 1.34. The molecule has 0 aromatic rings. The molecule has 0 spiro atoms. The molecule has 0 radical (unpaired) electrons. The Balaban J connectivity index is 4.20. The lowest BCUT2D eigenvalue weighted by Crippen LogP contribution is -2.25. The maximum Gasteiger partial charge on any atom is 0.332 e. The highest BCUT2D eigenvalue weighted by Crippen LogP contribution is 2.18. The minimum atomic E-state index is -0.792. The number of rotatable bonds is 7. The lowest BCUT2D eigenvalue weighted by Gasteiger charge is -2.17. The fourth-order valence-electron chi connectivity index (χ4n) is 1.34. The maximum atomic E-state index is 10.7. The van der Waals surface area contributed by atoms with Gasteiger partial charge in [-0.05, 0) is 24.7 Å². The van der Waals surface area contributed by atoms with Gasteiger partial charge in [-0.2, -0.15) is 5.10 Å². The van der Waals surface area contributed by atoms with Crippen LogP contribution in [-0.2, 0) is 4.79 Å². The summed E-state index contributed by atoms with van der Waals surface area (Å²) >= 11 is 0. The summed E-state index contributed by atoms with van der Waals surface area (Å²) in [5, 5.41) is 12.5. The first-order valence-corrected chi connectivity index (χ1v) is 5.66. The minimum absolute atomic E-state index is 0.128. The van der Waals surface area contributed by atoms with Crippen molar-refractivity contribution in [2.24, 2.45) is 28.6 Å². The predicted octanol–water partition coefficient (Wildman–Crippen LogP) is 1.41. The van der Waals surface area contributed by atoms with Crippen molar-refractivity contribution < 1.29 is 14.7 Å². The van der Waals surface area contributed by atoms with Crippen LogP contribution >= 0.6 is 0 Å². The van der Waals surface area contributed by atoms with Crippen molar-refractivity contribution >= 4 is 18.2 Å². The normalized spacial score (nSPS) is 14.8. The van der Waals surface area contributed by atoms with E-state index in [1.807, 2.05) is 13.8 Å². The van der Waals surface area contributed by atoms with Crippen molar-refractivity contribution in [3.8, 4) is 0 Å². The Kier molecular flexibility index (Phi) is 6.93. The third-order valence-electron chi connectivity index (χ3n) is 2.65. The summed E-state index contributed by atoms with van der Waals surface area (Å²) < 4.78 is 0. The predicted molar refractivity (Wildman–Crippen MR) is 65.6 cm³/mol. The number of nitrogens with two attached hydrogens (primary N) is 1. The van der Waals surface area contributed by atoms with Gasteiger partial charge in [0.05, 0.1) is 5.92 Å². The number of aliphatic carboxylic acids is 1. The average molecular weight is 243 g/mol. The number of urea groups is 1. The highest BCUT2D eigenvalue weighted by molar-refractivity contribution is 5.73. The van der Waals surface area contributed by atoms with Crippen LogP contribution in [-0.4, -0.2) is 23.3 Å². The molecule has 0 saturated heterocycles. The Morgan fingerprint density at radius 3 is 2.35 bits per heavy atom. The first kappa shape index (κ1) is 15.4. The summed E-state index contributed by atoms with van der Waals surface area (Å²) in [6, 6.07) is -0.706. The van der Waals surface area contributed by atoms with Crippen LogP contribution in [0.15, 0.2) is 5.10 Å². The zero-order chi connectivity index (χ0) is 13.4. The third-order valence-corrected chi connectivity index (χ3v) is 2.65. The maximum absolute atomic E-state index is 10.7. The molecule has 0 rings (SSSR count). The number of carboxylic acid groups (broad SMARTS) is 1. The van der Waals surface area contributed by atoms with Gasteiger partial charge in [-0.1, -0.05) is 20.8 Å². The lowest BCUT2D eigenvalue weighted by molar-refractivity contribution is -0.141. The Hall–Kier alpha value is -1.59. The van der Waals surface area contributed by atoms with Gasteiger partial charge in [0, 0.05) is 6.21 Å². The number of carboxylic acids is 1. The van der Waals surface area contributed by atoms with E-state index < -0.39 is 12.0 Å². The van der Waals surface area contributed by atoms with Gasteiger partial charge in [0.1, 0.15) is 0 Å². The summed E-state index contributed by atoms with van der Waals surface area (Å²) in [5.41, 5.74) is 7.01. The molecule has 0 saturated carbocycles. The Labute approximate surface area is 101 Å². The fraction of sp³-hybridized carbons (Fsp3) is 0.727. The summed E-state index contributed by atoms with van der Waals surface area (Å²) in [7, 11) is 0. The van der Waals surface area contributed by atoms with Crippen LogP contribution in [0.2, 0.25) is 0 Å². The van der Waals surface area contributed by atoms with Crippen molar-refractivity contribution in [1.29, 1.82) is 0 Å². The highest BCUT2D eigenvalue weighted by atomic mass is 16.4. The number of hydrogen-bond acceptors (Lipinski definition) is 3. The van der Waals surface area contributed by atoms with Crippen LogP contribution in [0, 0.1) is 17.8 Å². The van der Waals surface area contributed by atoms with Crippen molar-refractivity contribution in [2.75, 3.05) is 0 Å². The zero-order valence-corrected chi connectivity index (χ0v) is 10.5. The van der Waals surface area contributed by atoms with Gasteiger partial charge in [-0.3, -0.25) is 4.79 Å². The molecular weight excluding hydrogens is 222 g/mol. The van der Waals surface area contributed by atoms with Crippen LogP contribution in [0.5, 0.6) is 0 Å². The number of primary amides is 1. The molecule has 98 valence electrons. The molecule has 0 fully saturated rings. The quantitative estimate of drug-likeness (QED) is 0.465. The van der Waals surface area contributed by atoms with Gasteiger partial charge in [-0.15, -0.1) is 0 Å². The Bertz CT molecular complexity index is 290. The van der Waals surface area contributed by atoms with Gasteiger partial charge >= 0.3 is 12.0 Å². The molecule has 0 aromatic heterocycles. The zero-order valence-electron chi connectivity index (χ0n) is 10.5. The number of carbonyl (C=O) groups is 2. The standard InChI is InChI=1S/C11H21N3O3/c1-7(2)9(6-13-14-11(12)17)5-4-8(3)10(15)16/h6-9H,4-5H2,1-3H3,(H,15,16)(H3,12,14,17)/b13-6+/t8-,9-/m1/s1. The van der Waals surface area contributed by atoms with E-state index in [2.05, 4.69) is 10.5 Å². The summed E-state index contributed by atoms with van der Waals surface area (Å²) in [6.45, 7) is 5.72. The lowest BCUT2D eigenvalue weighted by atomic mass is 9.89. The monoisotopic (exact) mass is 243 g/mol. The molecule has 6 nitrogen and oxygen atoms in total. The van der Waals surface area contributed by atoms with E-state index in [4.69, 9.17) is 10.8 Å². The smallest absolute Gasteiger partial charge is 0.332 e. The molecule has 2 atom stereocenters. The van der Waals surface area contributed by atoms with E-state index in [0.717, 1.165) is 6.42 Å². The first-order chi connectivity index (χ1) is 7.84. The second-order valence-corrected chi connectivity index (χ2v) is 4.48. The van der Waals surface area contributed by atoms with Crippen molar-refractivity contribution in [2.45, 2.75) is 33.6 Å². The Morgan fingerprint density at radius 1 is 1.35 bits per heavy atom. The number of amides is 2. The van der Waals surface area contributed by atoms with Crippen molar-refractivity contribution in [3.05, 3.63) is 0 Å². The molecule has 6 heteroatoms. The van der Waals surface area contributed by atoms with Crippen LogP contribution in [0.3, 0.4) is 0 Å². The summed E-state index contributed by atoms with van der Waals surface area (Å²) in [5.74, 6) is -0.702. The van der Waals surface area contributed by atoms with Crippen molar-refractivity contribution in [1.82, 2.24) is 5.43 Å². The molecule has 0 unspecified atom stereocenters. The van der Waals surface area contributed by atoms with Crippen LogP contribution < -0.4 is 11.2 Å². The largest absolute Gasteiger partial charge is 0.481 e. The van der Waals surface area contributed by atoms with E-state index in [1.165, 1.54) is 0 Å². The van der Waals surface area contributed by atoms with E-state index >= 15 is 0 Å². The minimum Gasteiger partial charge on any atom is -0.481 e. The molecule has 0 heterocycles. The molecule has 0 aliphatic heterocycles. The number of hydrogen-bond donors (Lipinski definition) is 3. The topological polar surface area (TPSA) is 105 Å². The molecular formula is C11H21N3O3. The Morgan fingerprint density at radius 2 is 1.94 bits per heavy atom. The molecule has 0 aromatic carbocycles. The van der Waals surface area contributed by atoms with E-state index in [0.29, 0.717) is 12.3 Å². The molecule has 4 N–H and O–H groups in total. The molecule has 0 aliphatic carbocycles. The SMILES string of the molecule is CC(C)[C@@H](/C=N/NC(N)=O)CC[C@@H](C)C(=O)O. The summed E-state index contributed by atoms with van der Waals surface area (Å²) in [6.07, 6.45) is 2.92. The van der Waals surface area contributed by atoms with Gasteiger partial charge in [-0.25, -0.2) is 10.2 Å². The average Bonchev–Trinajstić information content (AvgIpc) is 2.21. The van der Waals surface area contributed by atoms with Gasteiger partial charge in [0.15, 0.2) is 0 Å². The van der Waals surface area contributed by atoms with Crippen molar-refractivity contribution in [3.63, 3.8) is 0 Å². The molecule has 0 aliphatic rings. The molecule has 0 bridgehead atoms. The number of hydrazone groups is 1. The first-order valence-electron chi connectivity index (χ1n) is 5.66. The van der Waals surface area contributed by atoms with Crippen LogP contribution in [0.1, 0.15) is 33.6 Å². The van der Waals surface area contributed by atoms with Gasteiger partial charge < -0.3 is 10.8 Å². The highest BCUT2D eigenvalue weighted by Gasteiger charge is 2.16. The number of nitrogens with one attached hydrogen (secondary N) is 1. The third kappa shape index (κ3) is 7.32. The molecule has 17 heavy (non-hydrogen) atoms. The van der Waals surface area contributed by atoms with Crippen LogP contribution in [0.25, 0.3) is 0 Å². The van der Waals surface area contributed by atoms with E-state index in [1.54, 1.807) is 13.1 Å². The second-order valence-electron chi connectivity index (χ2n) is 4.48. The summed E-state index contributed by atoms with van der Waals surface area (Å²) in [4.78, 5) is 21.1. The van der Waals surface area contributed by atoms with E-state index in [9.17, 15) is 9.59 Å². The molecule has 2 amide bonds. The van der Waals surface area contributed by atoms with Gasteiger partial charge in [0.25, 0.3) is 0 Å². The van der Waals surface area contributed by atoms with Crippen LogP contribution in [0.4, 0.5) is 4.79 Å². The van der Waals surface area contributed by atoms with E-state index in [-0.39, 0.29) is 11.8 Å². The number of carbonyl (C=O) groups excluding carboxylic acids is 1. The second kappa shape index (κ2) is 7.65. The van der Waals surface area contributed by atoms with Gasteiger partial charge in [0.2, 0.25) is 0 Å².